The SMILES string of the molecule is CC(CNCC1CCCO1)N1CCCC(C)(C)CC1. The summed E-state index contributed by atoms with van der Waals surface area (Å²) in [4.78, 5) is 2.66. The second-order valence-electron chi connectivity index (χ2n) is 7.20. The van der Waals surface area contributed by atoms with Crippen LogP contribution < -0.4 is 5.32 Å². The quantitative estimate of drug-likeness (QED) is 0.829. The van der Waals surface area contributed by atoms with E-state index in [0.717, 1.165) is 19.7 Å². The van der Waals surface area contributed by atoms with E-state index in [-0.39, 0.29) is 0 Å². The highest BCUT2D eigenvalue weighted by atomic mass is 16.5. The Bertz CT molecular complexity index is 261. The third kappa shape index (κ3) is 5.05. The van der Waals surface area contributed by atoms with Crippen LogP contribution in [0.25, 0.3) is 0 Å². The maximum atomic E-state index is 5.65. The minimum absolute atomic E-state index is 0.468. The van der Waals surface area contributed by atoms with Crippen molar-refractivity contribution in [2.75, 3.05) is 32.8 Å². The monoisotopic (exact) mass is 268 g/mol. The Morgan fingerprint density at radius 1 is 1.26 bits per heavy atom. The molecule has 112 valence electrons. The molecule has 0 amide bonds. The Morgan fingerprint density at radius 2 is 2.11 bits per heavy atom. The van der Waals surface area contributed by atoms with Crippen LogP contribution in [0.4, 0.5) is 0 Å². The van der Waals surface area contributed by atoms with Gasteiger partial charge in [-0.05, 0) is 57.5 Å². The van der Waals surface area contributed by atoms with Gasteiger partial charge in [-0.1, -0.05) is 13.8 Å². The van der Waals surface area contributed by atoms with Crippen LogP contribution in [0.3, 0.4) is 0 Å². The summed E-state index contributed by atoms with van der Waals surface area (Å²) in [5, 5.41) is 3.60. The fourth-order valence-corrected chi connectivity index (χ4v) is 3.27. The van der Waals surface area contributed by atoms with Gasteiger partial charge in [0.1, 0.15) is 0 Å². The molecule has 0 aliphatic carbocycles. The van der Waals surface area contributed by atoms with E-state index in [4.69, 9.17) is 4.74 Å². The Morgan fingerprint density at radius 3 is 2.84 bits per heavy atom. The van der Waals surface area contributed by atoms with Crippen LogP contribution in [0, 0.1) is 5.41 Å². The van der Waals surface area contributed by atoms with Crippen LogP contribution in [-0.2, 0) is 4.74 Å². The van der Waals surface area contributed by atoms with Gasteiger partial charge in [-0.2, -0.15) is 0 Å². The predicted molar refractivity (Wildman–Crippen MR) is 80.5 cm³/mol. The van der Waals surface area contributed by atoms with Gasteiger partial charge in [-0.15, -0.1) is 0 Å². The molecular weight excluding hydrogens is 236 g/mol. The lowest BCUT2D eigenvalue weighted by Crippen LogP contribution is -2.42. The van der Waals surface area contributed by atoms with E-state index >= 15 is 0 Å². The number of nitrogens with zero attached hydrogens (tertiary/aromatic N) is 1. The lowest BCUT2D eigenvalue weighted by atomic mass is 9.85. The molecule has 0 bridgehead atoms. The molecule has 0 spiro atoms. The maximum absolute atomic E-state index is 5.65. The summed E-state index contributed by atoms with van der Waals surface area (Å²) >= 11 is 0. The molecule has 1 N–H and O–H groups in total. The third-order valence-corrected chi connectivity index (χ3v) is 4.83. The summed E-state index contributed by atoms with van der Waals surface area (Å²) in [6.45, 7) is 12.8. The fraction of sp³-hybridized carbons (Fsp3) is 1.00. The second kappa shape index (κ2) is 7.05. The van der Waals surface area contributed by atoms with Crippen molar-refractivity contribution < 1.29 is 4.74 Å². The molecule has 0 aromatic rings. The van der Waals surface area contributed by atoms with Gasteiger partial charge in [0.15, 0.2) is 0 Å². The van der Waals surface area contributed by atoms with Gasteiger partial charge in [0, 0.05) is 25.7 Å². The third-order valence-electron chi connectivity index (χ3n) is 4.83. The Labute approximate surface area is 119 Å². The summed E-state index contributed by atoms with van der Waals surface area (Å²) < 4.78 is 5.65. The fourth-order valence-electron chi connectivity index (χ4n) is 3.27. The van der Waals surface area contributed by atoms with Gasteiger partial charge in [-0.3, -0.25) is 4.90 Å². The largest absolute Gasteiger partial charge is 0.377 e. The van der Waals surface area contributed by atoms with Crippen molar-refractivity contribution in [3.63, 3.8) is 0 Å². The molecule has 2 rings (SSSR count). The molecule has 0 saturated carbocycles. The predicted octanol–water partition coefficient (Wildman–Crippen LogP) is 2.66. The van der Waals surface area contributed by atoms with Crippen molar-refractivity contribution in [2.24, 2.45) is 5.41 Å². The van der Waals surface area contributed by atoms with Gasteiger partial charge in [0.2, 0.25) is 0 Å². The van der Waals surface area contributed by atoms with E-state index in [1.54, 1.807) is 0 Å². The first-order valence-electron chi connectivity index (χ1n) is 8.13. The highest BCUT2D eigenvalue weighted by molar-refractivity contribution is 4.80. The van der Waals surface area contributed by atoms with E-state index in [2.05, 4.69) is 31.0 Å². The molecule has 3 nitrogen and oxygen atoms in total. The van der Waals surface area contributed by atoms with E-state index in [1.807, 2.05) is 0 Å². The zero-order valence-corrected chi connectivity index (χ0v) is 13.1. The molecule has 2 aliphatic heterocycles. The average molecular weight is 268 g/mol. The topological polar surface area (TPSA) is 24.5 Å². The number of ether oxygens (including phenoxy) is 1. The van der Waals surface area contributed by atoms with Crippen molar-refractivity contribution in [3.8, 4) is 0 Å². The molecule has 2 fully saturated rings. The summed E-state index contributed by atoms with van der Waals surface area (Å²) in [6, 6.07) is 0.648. The average Bonchev–Trinajstić information content (AvgIpc) is 2.79. The van der Waals surface area contributed by atoms with Crippen molar-refractivity contribution in [3.05, 3.63) is 0 Å². The molecule has 0 aromatic heterocycles. The molecule has 0 radical (unpaired) electrons. The number of hydrogen-bond acceptors (Lipinski definition) is 3. The van der Waals surface area contributed by atoms with Crippen molar-refractivity contribution >= 4 is 0 Å². The molecule has 2 atom stereocenters. The molecule has 2 aliphatic rings. The van der Waals surface area contributed by atoms with Gasteiger partial charge < -0.3 is 10.1 Å². The normalized spacial score (nSPS) is 30.2. The minimum atomic E-state index is 0.468. The van der Waals surface area contributed by atoms with Crippen LogP contribution in [0.1, 0.15) is 52.9 Å². The smallest absolute Gasteiger partial charge is 0.0700 e. The highest BCUT2D eigenvalue weighted by Crippen LogP contribution is 2.30. The second-order valence-corrected chi connectivity index (χ2v) is 7.20. The number of likely N-dealkylation sites (tertiary alicyclic amines) is 1. The molecule has 3 heteroatoms. The summed E-state index contributed by atoms with van der Waals surface area (Å²) in [5.41, 5.74) is 0.541. The van der Waals surface area contributed by atoms with Crippen LogP contribution in [0.2, 0.25) is 0 Å². The molecule has 2 unspecified atom stereocenters. The lowest BCUT2D eigenvalue weighted by Gasteiger charge is -2.29. The highest BCUT2D eigenvalue weighted by Gasteiger charge is 2.25. The first-order valence-corrected chi connectivity index (χ1v) is 8.13. The molecule has 0 aromatic carbocycles. The van der Waals surface area contributed by atoms with E-state index < -0.39 is 0 Å². The van der Waals surface area contributed by atoms with Crippen LogP contribution in [0.5, 0.6) is 0 Å². The molecule has 2 saturated heterocycles. The van der Waals surface area contributed by atoms with E-state index in [9.17, 15) is 0 Å². The Kier molecular flexibility index (Phi) is 5.67. The van der Waals surface area contributed by atoms with E-state index in [1.165, 1.54) is 45.2 Å². The molecular formula is C16H32N2O. The maximum Gasteiger partial charge on any atom is 0.0700 e. The first kappa shape index (κ1) is 15.3. The minimum Gasteiger partial charge on any atom is -0.377 e. The van der Waals surface area contributed by atoms with Crippen LogP contribution in [-0.4, -0.2) is 49.8 Å². The Hall–Kier alpha value is -0.120. The van der Waals surface area contributed by atoms with Crippen molar-refractivity contribution in [1.82, 2.24) is 10.2 Å². The first-order chi connectivity index (χ1) is 9.07. The summed E-state index contributed by atoms with van der Waals surface area (Å²) in [5.74, 6) is 0. The van der Waals surface area contributed by atoms with Crippen LogP contribution >= 0.6 is 0 Å². The number of nitrogens with one attached hydrogen (secondary N) is 1. The summed E-state index contributed by atoms with van der Waals surface area (Å²) in [7, 11) is 0. The zero-order chi connectivity index (χ0) is 13.7. The van der Waals surface area contributed by atoms with Gasteiger partial charge in [-0.25, -0.2) is 0 Å². The number of hydrogen-bond donors (Lipinski definition) is 1. The lowest BCUT2D eigenvalue weighted by molar-refractivity contribution is 0.107. The Balaban J connectivity index is 1.65. The van der Waals surface area contributed by atoms with Gasteiger partial charge in [0.05, 0.1) is 6.10 Å². The van der Waals surface area contributed by atoms with Crippen molar-refractivity contribution in [1.29, 1.82) is 0 Å². The standard InChI is InChI=1S/C16H32N2O/c1-14(12-17-13-15-6-4-11-19-15)18-9-5-7-16(2,3)8-10-18/h14-15,17H,4-13H2,1-3H3. The molecule has 2 heterocycles. The van der Waals surface area contributed by atoms with Crippen molar-refractivity contribution in [2.45, 2.75) is 65.0 Å². The molecule has 19 heavy (non-hydrogen) atoms. The summed E-state index contributed by atoms with van der Waals surface area (Å²) in [6.07, 6.45) is 7.00. The van der Waals surface area contributed by atoms with Crippen LogP contribution in [0.15, 0.2) is 0 Å². The van der Waals surface area contributed by atoms with E-state index in [0.29, 0.717) is 17.6 Å². The van der Waals surface area contributed by atoms with Gasteiger partial charge in [0.25, 0.3) is 0 Å². The zero-order valence-electron chi connectivity index (χ0n) is 13.1. The number of rotatable bonds is 5. The van der Waals surface area contributed by atoms with Gasteiger partial charge >= 0.3 is 0 Å².